The fourth-order valence-corrected chi connectivity index (χ4v) is 3.78. The lowest BCUT2D eigenvalue weighted by Gasteiger charge is -2.24. The maximum atomic E-state index is 13.6. The molecular formula is C25H27N7O3. The summed E-state index contributed by atoms with van der Waals surface area (Å²) in [5.41, 5.74) is 6.72. The number of carbonyl (C=O) groups excluding carboxylic acids is 1. The molecule has 2 aromatic heterocycles. The number of hydrogen-bond acceptors (Lipinski definition) is 6. The van der Waals surface area contributed by atoms with Gasteiger partial charge in [0.25, 0.3) is 11.5 Å². The topological polar surface area (TPSA) is 132 Å². The zero-order chi connectivity index (χ0) is 24.8. The summed E-state index contributed by atoms with van der Waals surface area (Å²) in [4.78, 5) is 42.5. The Labute approximate surface area is 201 Å². The van der Waals surface area contributed by atoms with Crippen LogP contribution in [0.1, 0.15) is 41.4 Å². The number of benzene rings is 2. The summed E-state index contributed by atoms with van der Waals surface area (Å²) in [5.74, 6) is -0.612. The summed E-state index contributed by atoms with van der Waals surface area (Å²) < 4.78 is 2.84. The molecule has 0 bridgehead atoms. The van der Waals surface area contributed by atoms with E-state index >= 15 is 0 Å². The van der Waals surface area contributed by atoms with Crippen LogP contribution < -0.4 is 21.9 Å². The molecule has 0 saturated heterocycles. The number of nitrogens with one attached hydrogen (secondary N) is 1. The first-order chi connectivity index (χ1) is 17.0. The Hall–Kier alpha value is -4.47. The van der Waals surface area contributed by atoms with Gasteiger partial charge in [0, 0.05) is 6.54 Å². The molecule has 0 fully saturated rings. The zero-order valence-corrected chi connectivity index (χ0v) is 19.4. The van der Waals surface area contributed by atoms with Crippen molar-refractivity contribution < 1.29 is 4.79 Å². The third-order valence-corrected chi connectivity index (χ3v) is 5.59. The Kier molecular flexibility index (Phi) is 7.20. The summed E-state index contributed by atoms with van der Waals surface area (Å²) in [6.07, 6.45) is 3.05. The first kappa shape index (κ1) is 23.7. The Morgan fingerprint density at radius 3 is 2.34 bits per heavy atom. The van der Waals surface area contributed by atoms with Crippen LogP contribution in [0, 0.1) is 0 Å². The molecule has 35 heavy (non-hydrogen) atoms. The number of aromatic nitrogens is 5. The fourth-order valence-electron chi connectivity index (χ4n) is 3.78. The number of carbonyl (C=O) groups is 1. The number of nitrogens with two attached hydrogens (primary N) is 1. The average molecular weight is 474 g/mol. The summed E-state index contributed by atoms with van der Waals surface area (Å²) in [5, 5.41) is 8.13. The van der Waals surface area contributed by atoms with Crippen molar-refractivity contribution in [3.05, 3.63) is 105 Å². The Balaban J connectivity index is 1.74. The molecule has 10 heteroatoms. The number of nitrogens with zero attached hydrogens (tertiary/aromatic N) is 5. The van der Waals surface area contributed by atoms with Gasteiger partial charge < -0.3 is 5.73 Å². The van der Waals surface area contributed by atoms with E-state index in [9.17, 15) is 14.4 Å². The van der Waals surface area contributed by atoms with Gasteiger partial charge in [-0.05, 0) is 17.5 Å². The first-order valence-electron chi connectivity index (χ1n) is 11.4. The van der Waals surface area contributed by atoms with Crippen LogP contribution in [0.15, 0.2) is 76.4 Å². The predicted octanol–water partition coefficient (Wildman–Crippen LogP) is 2.41. The highest BCUT2D eigenvalue weighted by molar-refractivity contribution is 6.05. The molecule has 0 aliphatic rings. The molecule has 4 rings (SSSR count). The van der Waals surface area contributed by atoms with Gasteiger partial charge in [-0.1, -0.05) is 79.2 Å². The molecular weight excluding hydrogens is 446 g/mol. The van der Waals surface area contributed by atoms with Gasteiger partial charge >= 0.3 is 5.69 Å². The average Bonchev–Trinajstić information content (AvgIpc) is 3.32. The number of amides is 1. The summed E-state index contributed by atoms with van der Waals surface area (Å²) in [6.45, 7) is 2.80. The minimum Gasteiger partial charge on any atom is -0.383 e. The van der Waals surface area contributed by atoms with E-state index in [1.165, 1.54) is 15.7 Å². The van der Waals surface area contributed by atoms with E-state index in [0.29, 0.717) is 19.5 Å². The molecule has 0 unspecified atom stereocenters. The quantitative estimate of drug-likeness (QED) is 0.384. The Morgan fingerprint density at radius 1 is 1.03 bits per heavy atom. The van der Waals surface area contributed by atoms with Crippen LogP contribution in [0.4, 0.5) is 11.5 Å². The van der Waals surface area contributed by atoms with Crippen LogP contribution in [0.25, 0.3) is 0 Å². The molecule has 0 aliphatic carbocycles. The largest absolute Gasteiger partial charge is 0.383 e. The number of hydrogen-bond donors (Lipinski definition) is 2. The van der Waals surface area contributed by atoms with Gasteiger partial charge in [-0.15, -0.1) is 5.10 Å². The van der Waals surface area contributed by atoms with E-state index < -0.39 is 17.2 Å². The lowest BCUT2D eigenvalue weighted by molar-refractivity contribution is 0.0980. The lowest BCUT2D eigenvalue weighted by atomic mass is 10.2. The van der Waals surface area contributed by atoms with E-state index in [1.54, 1.807) is 4.68 Å². The number of unbranched alkanes of at least 4 members (excludes halogenated alkanes) is 1. The van der Waals surface area contributed by atoms with Gasteiger partial charge in [0.2, 0.25) is 0 Å². The molecule has 2 heterocycles. The second-order valence-electron chi connectivity index (χ2n) is 8.16. The molecule has 0 atom stereocenters. The maximum absolute atomic E-state index is 13.6. The van der Waals surface area contributed by atoms with Crippen molar-refractivity contribution in [1.82, 2.24) is 24.5 Å². The Bertz CT molecular complexity index is 1410. The molecule has 0 saturated carbocycles. The van der Waals surface area contributed by atoms with E-state index in [-0.39, 0.29) is 23.7 Å². The molecule has 1 amide bonds. The third-order valence-electron chi connectivity index (χ3n) is 5.59. The van der Waals surface area contributed by atoms with Gasteiger partial charge in [-0.3, -0.25) is 24.0 Å². The number of nitrogen functional groups attached to an aromatic ring is 1. The third kappa shape index (κ3) is 5.37. The van der Waals surface area contributed by atoms with Gasteiger partial charge in [-0.2, -0.15) is 0 Å². The highest BCUT2D eigenvalue weighted by Crippen LogP contribution is 2.22. The van der Waals surface area contributed by atoms with Crippen molar-refractivity contribution in [2.24, 2.45) is 0 Å². The molecule has 0 spiro atoms. The fraction of sp³-hybridized carbons (Fsp3) is 0.240. The standard InChI is InChI=1S/C25H27N7O3/c1-2-3-14-31-22(26)21(23(33)27-25(31)35)32(16-19-12-8-5-9-13-19)24(34)20-17-30(29-28-20)15-18-10-6-4-7-11-18/h4-13,17H,2-3,14-16,26H2,1H3,(H,27,33,35). The van der Waals surface area contributed by atoms with Crippen LogP contribution in [0.5, 0.6) is 0 Å². The molecule has 3 N–H and O–H groups in total. The monoisotopic (exact) mass is 473 g/mol. The van der Waals surface area contributed by atoms with E-state index in [4.69, 9.17) is 5.73 Å². The van der Waals surface area contributed by atoms with Gasteiger partial charge in [-0.25, -0.2) is 9.48 Å². The number of rotatable bonds is 9. The SMILES string of the molecule is CCCCn1c(N)c(N(Cc2ccccc2)C(=O)c2cn(Cc3ccccc3)nn2)c(=O)[nH]c1=O. The molecule has 2 aromatic carbocycles. The van der Waals surface area contributed by atoms with Crippen molar-refractivity contribution >= 4 is 17.4 Å². The first-order valence-corrected chi connectivity index (χ1v) is 11.4. The second-order valence-corrected chi connectivity index (χ2v) is 8.16. The number of anilines is 2. The summed E-state index contributed by atoms with van der Waals surface area (Å²) >= 11 is 0. The number of H-pyrrole nitrogens is 1. The smallest absolute Gasteiger partial charge is 0.330 e. The van der Waals surface area contributed by atoms with Gasteiger partial charge in [0.1, 0.15) is 5.82 Å². The highest BCUT2D eigenvalue weighted by Gasteiger charge is 2.27. The van der Waals surface area contributed by atoms with Crippen molar-refractivity contribution in [3.8, 4) is 0 Å². The van der Waals surface area contributed by atoms with Crippen LogP contribution in [-0.2, 0) is 19.6 Å². The molecule has 180 valence electrons. The predicted molar refractivity (Wildman–Crippen MR) is 133 cm³/mol. The van der Waals surface area contributed by atoms with Crippen LogP contribution in [-0.4, -0.2) is 30.5 Å². The molecule has 4 aromatic rings. The molecule has 10 nitrogen and oxygen atoms in total. The van der Waals surface area contributed by atoms with Crippen molar-refractivity contribution in [3.63, 3.8) is 0 Å². The minimum atomic E-state index is -0.735. The summed E-state index contributed by atoms with van der Waals surface area (Å²) in [6, 6.07) is 18.9. The van der Waals surface area contributed by atoms with E-state index in [1.807, 2.05) is 67.6 Å². The summed E-state index contributed by atoms with van der Waals surface area (Å²) in [7, 11) is 0. The van der Waals surface area contributed by atoms with Crippen molar-refractivity contribution in [2.45, 2.75) is 39.4 Å². The highest BCUT2D eigenvalue weighted by atomic mass is 16.2. The van der Waals surface area contributed by atoms with E-state index in [0.717, 1.165) is 17.5 Å². The van der Waals surface area contributed by atoms with Crippen molar-refractivity contribution in [1.29, 1.82) is 0 Å². The van der Waals surface area contributed by atoms with Crippen LogP contribution in [0.3, 0.4) is 0 Å². The van der Waals surface area contributed by atoms with Crippen molar-refractivity contribution in [2.75, 3.05) is 10.6 Å². The van der Waals surface area contributed by atoms with Gasteiger partial charge in [0.05, 0.1) is 19.3 Å². The maximum Gasteiger partial charge on any atom is 0.330 e. The second kappa shape index (κ2) is 10.6. The lowest BCUT2D eigenvalue weighted by Crippen LogP contribution is -2.41. The van der Waals surface area contributed by atoms with Crippen LogP contribution >= 0.6 is 0 Å². The Morgan fingerprint density at radius 2 is 1.69 bits per heavy atom. The minimum absolute atomic E-state index is 0.0574. The molecule has 0 aliphatic heterocycles. The number of aromatic amines is 1. The normalized spacial score (nSPS) is 10.9. The van der Waals surface area contributed by atoms with Crippen LogP contribution in [0.2, 0.25) is 0 Å². The molecule has 0 radical (unpaired) electrons. The zero-order valence-electron chi connectivity index (χ0n) is 19.4. The van der Waals surface area contributed by atoms with E-state index in [2.05, 4.69) is 15.3 Å². The van der Waals surface area contributed by atoms with Gasteiger partial charge in [0.15, 0.2) is 11.4 Å².